The zero-order chi connectivity index (χ0) is 12.1. The maximum absolute atomic E-state index is 9.02. The maximum Gasteiger partial charge on any atom is 0.0434 e. The van der Waals surface area contributed by atoms with Crippen LogP contribution in [0.5, 0.6) is 0 Å². The van der Waals surface area contributed by atoms with E-state index in [0.29, 0.717) is 5.92 Å². The highest BCUT2D eigenvalue weighted by Gasteiger charge is 2.24. The van der Waals surface area contributed by atoms with Gasteiger partial charge in [0.2, 0.25) is 0 Å². The van der Waals surface area contributed by atoms with Crippen molar-refractivity contribution >= 4 is 0 Å². The summed E-state index contributed by atoms with van der Waals surface area (Å²) in [4.78, 5) is 2.41. The second-order valence-electron chi connectivity index (χ2n) is 5.05. The number of rotatable bonds is 4. The number of nitrogens with two attached hydrogens (primary N) is 1. The molecule has 1 fully saturated rings. The number of hydrogen-bond acceptors (Lipinski definition) is 3. The van der Waals surface area contributed by atoms with Crippen molar-refractivity contribution in [2.24, 2.45) is 11.7 Å². The van der Waals surface area contributed by atoms with Gasteiger partial charge in [0.1, 0.15) is 0 Å². The van der Waals surface area contributed by atoms with Crippen molar-refractivity contribution in [1.82, 2.24) is 4.90 Å². The van der Waals surface area contributed by atoms with Gasteiger partial charge in [0.25, 0.3) is 0 Å². The molecule has 0 spiro atoms. The molecular formula is C14H22N2O. The number of hydrogen-bond donors (Lipinski definition) is 2. The molecule has 17 heavy (non-hydrogen) atoms. The Hall–Kier alpha value is -0.900. The van der Waals surface area contributed by atoms with Crippen LogP contribution in [-0.2, 0) is 6.54 Å². The van der Waals surface area contributed by atoms with E-state index in [1.807, 2.05) is 6.07 Å². The molecule has 2 unspecified atom stereocenters. The number of benzene rings is 1. The Morgan fingerprint density at radius 1 is 1.24 bits per heavy atom. The molecule has 2 atom stereocenters. The molecule has 0 amide bonds. The number of likely N-dealkylation sites (tertiary alicyclic amines) is 1. The minimum Gasteiger partial charge on any atom is -0.396 e. The third-order valence-corrected chi connectivity index (χ3v) is 3.43. The van der Waals surface area contributed by atoms with E-state index in [0.717, 1.165) is 32.5 Å². The lowest BCUT2D eigenvalue weighted by molar-refractivity contribution is 0.128. The van der Waals surface area contributed by atoms with E-state index in [1.165, 1.54) is 5.56 Å². The first-order valence-corrected chi connectivity index (χ1v) is 6.40. The third-order valence-electron chi connectivity index (χ3n) is 3.43. The standard InChI is InChI=1S/C14H22N2O/c15-14-8-13(6-7-17)10-16(11-14)9-12-4-2-1-3-5-12/h1-5,13-14,17H,6-11,15H2. The largest absolute Gasteiger partial charge is 0.396 e. The molecule has 0 bridgehead atoms. The second kappa shape index (κ2) is 6.15. The van der Waals surface area contributed by atoms with Crippen LogP contribution in [0.3, 0.4) is 0 Å². The molecule has 1 aromatic rings. The Bertz CT molecular complexity index is 328. The van der Waals surface area contributed by atoms with E-state index in [4.69, 9.17) is 10.8 Å². The van der Waals surface area contributed by atoms with E-state index in [9.17, 15) is 0 Å². The SMILES string of the molecule is NC1CC(CCO)CN(Cc2ccccc2)C1. The first-order chi connectivity index (χ1) is 8.28. The Labute approximate surface area is 103 Å². The number of aliphatic hydroxyl groups excluding tert-OH is 1. The molecule has 0 radical (unpaired) electrons. The van der Waals surface area contributed by atoms with Crippen molar-refractivity contribution < 1.29 is 5.11 Å². The summed E-state index contributed by atoms with van der Waals surface area (Å²) in [6, 6.07) is 10.8. The summed E-state index contributed by atoms with van der Waals surface area (Å²) in [5, 5.41) is 9.02. The van der Waals surface area contributed by atoms with Crippen molar-refractivity contribution in [3.8, 4) is 0 Å². The van der Waals surface area contributed by atoms with Gasteiger partial charge in [-0.25, -0.2) is 0 Å². The average molecular weight is 234 g/mol. The molecule has 1 aliphatic rings. The van der Waals surface area contributed by atoms with Gasteiger partial charge >= 0.3 is 0 Å². The summed E-state index contributed by atoms with van der Waals surface area (Å²) in [6.07, 6.45) is 1.92. The fourth-order valence-electron chi connectivity index (χ4n) is 2.71. The van der Waals surface area contributed by atoms with Crippen LogP contribution in [0.4, 0.5) is 0 Å². The summed E-state index contributed by atoms with van der Waals surface area (Å²) < 4.78 is 0. The monoisotopic (exact) mass is 234 g/mol. The molecular weight excluding hydrogens is 212 g/mol. The molecule has 3 N–H and O–H groups in total. The van der Waals surface area contributed by atoms with Crippen molar-refractivity contribution in [2.45, 2.75) is 25.4 Å². The Morgan fingerprint density at radius 3 is 2.71 bits per heavy atom. The van der Waals surface area contributed by atoms with Gasteiger partial charge in [-0.2, -0.15) is 0 Å². The minimum absolute atomic E-state index is 0.254. The molecule has 0 aliphatic carbocycles. The van der Waals surface area contributed by atoms with E-state index in [2.05, 4.69) is 29.2 Å². The van der Waals surface area contributed by atoms with E-state index in [-0.39, 0.29) is 12.6 Å². The molecule has 3 heteroatoms. The Kier molecular flexibility index (Phi) is 4.54. The Morgan fingerprint density at radius 2 is 2.00 bits per heavy atom. The fourth-order valence-corrected chi connectivity index (χ4v) is 2.71. The summed E-state index contributed by atoms with van der Waals surface area (Å²) in [7, 11) is 0. The normalized spacial score (nSPS) is 26.0. The molecule has 0 saturated carbocycles. The summed E-state index contributed by atoms with van der Waals surface area (Å²) in [5.74, 6) is 0.549. The topological polar surface area (TPSA) is 49.5 Å². The minimum atomic E-state index is 0.254. The van der Waals surface area contributed by atoms with Crippen molar-refractivity contribution in [1.29, 1.82) is 0 Å². The summed E-state index contributed by atoms with van der Waals surface area (Å²) in [5.41, 5.74) is 7.41. The van der Waals surface area contributed by atoms with E-state index in [1.54, 1.807) is 0 Å². The van der Waals surface area contributed by atoms with Crippen LogP contribution in [-0.4, -0.2) is 35.7 Å². The van der Waals surface area contributed by atoms with Crippen LogP contribution < -0.4 is 5.73 Å². The quantitative estimate of drug-likeness (QED) is 0.823. The lowest BCUT2D eigenvalue weighted by Gasteiger charge is -2.36. The number of nitrogens with zero attached hydrogens (tertiary/aromatic N) is 1. The van der Waals surface area contributed by atoms with Gasteiger partial charge in [-0.15, -0.1) is 0 Å². The van der Waals surface area contributed by atoms with Crippen LogP contribution >= 0.6 is 0 Å². The van der Waals surface area contributed by atoms with Crippen molar-refractivity contribution in [2.75, 3.05) is 19.7 Å². The molecule has 1 aromatic carbocycles. The predicted molar refractivity (Wildman–Crippen MR) is 69.5 cm³/mol. The fraction of sp³-hybridized carbons (Fsp3) is 0.571. The predicted octanol–water partition coefficient (Wildman–Crippen LogP) is 1.22. The van der Waals surface area contributed by atoms with Crippen LogP contribution in [0.1, 0.15) is 18.4 Å². The van der Waals surface area contributed by atoms with E-state index >= 15 is 0 Å². The molecule has 1 saturated heterocycles. The van der Waals surface area contributed by atoms with Crippen LogP contribution in [0.15, 0.2) is 30.3 Å². The Balaban J connectivity index is 1.92. The van der Waals surface area contributed by atoms with Crippen LogP contribution in [0.25, 0.3) is 0 Å². The molecule has 1 heterocycles. The van der Waals surface area contributed by atoms with Crippen LogP contribution in [0, 0.1) is 5.92 Å². The lowest BCUT2D eigenvalue weighted by atomic mass is 9.92. The van der Waals surface area contributed by atoms with Gasteiger partial charge in [-0.1, -0.05) is 30.3 Å². The van der Waals surface area contributed by atoms with Crippen molar-refractivity contribution in [3.63, 3.8) is 0 Å². The molecule has 2 rings (SSSR count). The zero-order valence-corrected chi connectivity index (χ0v) is 10.3. The van der Waals surface area contributed by atoms with E-state index < -0.39 is 0 Å². The van der Waals surface area contributed by atoms with Gasteiger partial charge in [0, 0.05) is 32.3 Å². The van der Waals surface area contributed by atoms with Gasteiger partial charge in [0.05, 0.1) is 0 Å². The van der Waals surface area contributed by atoms with Gasteiger partial charge in [-0.05, 0) is 24.3 Å². The highest BCUT2D eigenvalue weighted by Crippen LogP contribution is 2.20. The van der Waals surface area contributed by atoms with Gasteiger partial charge in [-0.3, -0.25) is 4.90 Å². The average Bonchev–Trinajstić information content (AvgIpc) is 2.30. The summed E-state index contributed by atoms with van der Waals surface area (Å²) >= 11 is 0. The highest BCUT2D eigenvalue weighted by molar-refractivity contribution is 5.14. The first kappa shape index (κ1) is 12.6. The molecule has 94 valence electrons. The molecule has 0 aromatic heterocycles. The van der Waals surface area contributed by atoms with Gasteiger partial charge in [0.15, 0.2) is 0 Å². The maximum atomic E-state index is 9.02. The van der Waals surface area contributed by atoms with Crippen LogP contribution in [0.2, 0.25) is 0 Å². The first-order valence-electron chi connectivity index (χ1n) is 6.40. The van der Waals surface area contributed by atoms with Gasteiger partial charge < -0.3 is 10.8 Å². The molecule has 3 nitrogen and oxygen atoms in total. The van der Waals surface area contributed by atoms with Crippen molar-refractivity contribution in [3.05, 3.63) is 35.9 Å². The number of piperidine rings is 1. The highest BCUT2D eigenvalue weighted by atomic mass is 16.3. The smallest absolute Gasteiger partial charge is 0.0434 e. The molecule has 1 aliphatic heterocycles. The third kappa shape index (κ3) is 3.80. The lowest BCUT2D eigenvalue weighted by Crippen LogP contribution is -2.46. The summed E-state index contributed by atoms with van der Waals surface area (Å²) in [6.45, 7) is 3.27. The second-order valence-corrected chi connectivity index (χ2v) is 5.05. The zero-order valence-electron chi connectivity index (χ0n) is 10.3. The number of aliphatic hydroxyl groups is 1.